The number of nitrogens with two attached hydrogens (primary N) is 1. The van der Waals surface area contributed by atoms with E-state index < -0.39 is 0 Å². The van der Waals surface area contributed by atoms with Crippen molar-refractivity contribution >= 4 is 28.6 Å². The normalized spacial score (nSPS) is 11.1. The molecule has 0 unspecified atom stereocenters. The van der Waals surface area contributed by atoms with Crippen molar-refractivity contribution < 1.29 is 0 Å². The van der Waals surface area contributed by atoms with Crippen LogP contribution in [-0.2, 0) is 7.05 Å². The topological polar surface area (TPSA) is 69.6 Å². The molecule has 0 saturated heterocycles. The highest BCUT2D eigenvalue weighted by Crippen LogP contribution is 2.31. The lowest BCUT2D eigenvalue weighted by Crippen LogP contribution is -1.97. The highest BCUT2D eigenvalue weighted by Gasteiger charge is 2.16. The van der Waals surface area contributed by atoms with Gasteiger partial charge in [-0.3, -0.25) is 4.68 Å². The van der Waals surface area contributed by atoms with Crippen LogP contribution in [-0.4, -0.2) is 26.0 Å². The Balaban J connectivity index is 2.38. The second kappa shape index (κ2) is 4.55. The van der Waals surface area contributed by atoms with E-state index in [-0.39, 0.29) is 0 Å². The summed E-state index contributed by atoms with van der Waals surface area (Å²) in [6, 6.07) is 9.96. The molecule has 6 heteroatoms. The van der Waals surface area contributed by atoms with Crippen LogP contribution in [0.25, 0.3) is 22.3 Å². The molecule has 0 fully saturated rings. The summed E-state index contributed by atoms with van der Waals surface area (Å²) in [6.07, 6.45) is 1.95. The Labute approximate surface area is 114 Å². The third-order valence-electron chi connectivity index (χ3n) is 2.95. The second-order valence-corrected chi connectivity index (χ2v) is 4.91. The minimum atomic E-state index is 0.585. The van der Waals surface area contributed by atoms with Crippen LogP contribution >= 0.6 is 11.8 Å². The maximum Gasteiger partial charge on any atom is 0.190 e. The Hall–Kier alpha value is -2.08. The first kappa shape index (κ1) is 12.0. The van der Waals surface area contributed by atoms with Crippen LogP contribution in [0.5, 0.6) is 0 Å². The van der Waals surface area contributed by atoms with Crippen molar-refractivity contribution in [3.8, 4) is 11.3 Å². The zero-order valence-corrected chi connectivity index (χ0v) is 11.5. The van der Waals surface area contributed by atoms with E-state index in [1.54, 1.807) is 4.68 Å². The van der Waals surface area contributed by atoms with E-state index in [4.69, 9.17) is 5.73 Å². The van der Waals surface area contributed by atoms with Crippen LogP contribution in [0.2, 0.25) is 0 Å². The molecule has 0 radical (unpaired) electrons. The summed E-state index contributed by atoms with van der Waals surface area (Å²) in [7, 11) is 1.81. The van der Waals surface area contributed by atoms with Gasteiger partial charge >= 0.3 is 0 Å². The van der Waals surface area contributed by atoms with Crippen molar-refractivity contribution in [2.45, 2.75) is 5.16 Å². The quantitative estimate of drug-likeness (QED) is 0.572. The van der Waals surface area contributed by atoms with E-state index in [0.717, 1.165) is 16.6 Å². The molecule has 0 saturated carbocycles. The number of aromatic nitrogens is 4. The summed E-state index contributed by atoms with van der Waals surface area (Å²) in [6.45, 7) is 0. The number of anilines is 1. The number of fused-ring (bicyclic) bond motifs is 1. The van der Waals surface area contributed by atoms with Gasteiger partial charge in [0.25, 0.3) is 0 Å². The Morgan fingerprint density at radius 1 is 1.16 bits per heavy atom. The first-order valence-electron chi connectivity index (χ1n) is 5.80. The molecule has 0 spiro atoms. The van der Waals surface area contributed by atoms with Gasteiger partial charge in [-0.15, -0.1) is 0 Å². The third-order valence-corrected chi connectivity index (χ3v) is 3.50. The number of rotatable bonds is 2. The largest absolute Gasteiger partial charge is 0.383 e. The molecule has 2 aromatic heterocycles. The molecule has 0 aliphatic carbocycles. The van der Waals surface area contributed by atoms with Crippen molar-refractivity contribution in [3.05, 3.63) is 30.3 Å². The maximum atomic E-state index is 6.08. The Morgan fingerprint density at radius 2 is 1.89 bits per heavy atom. The van der Waals surface area contributed by atoms with Crippen molar-refractivity contribution in [1.29, 1.82) is 0 Å². The van der Waals surface area contributed by atoms with Gasteiger partial charge in [0.1, 0.15) is 5.82 Å². The van der Waals surface area contributed by atoms with E-state index in [1.165, 1.54) is 11.8 Å². The van der Waals surface area contributed by atoms with Crippen molar-refractivity contribution in [3.63, 3.8) is 0 Å². The van der Waals surface area contributed by atoms with Crippen molar-refractivity contribution in [1.82, 2.24) is 19.7 Å². The molecule has 0 aliphatic rings. The highest BCUT2D eigenvalue weighted by atomic mass is 32.2. The van der Waals surface area contributed by atoms with Crippen LogP contribution < -0.4 is 5.73 Å². The zero-order valence-electron chi connectivity index (χ0n) is 10.7. The molecule has 3 rings (SSSR count). The number of hydrogen-bond acceptors (Lipinski definition) is 5. The van der Waals surface area contributed by atoms with Crippen LogP contribution in [0.1, 0.15) is 0 Å². The molecular weight excluding hydrogens is 258 g/mol. The van der Waals surface area contributed by atoms with E-state index >= 15 is 0 Å². The standard InChI is InChI=1S/C13H13N5S/c1-18-11(14)9-10(8-6-4-3-5-7-8)15-13(19-2)16-12(9)17-18/h3-7H,14H2,1-2H3. The minimum absolute atomic E-state index is 0.585. The summed E-state index contributed by atoms with van der Waals surface area (Å²) >= 11 is 1.50. The summed E-state index contributed by atoms with van der Waals surface area (Å²) < 4.78 is 1.63. The predicted molar refractivity (Wildman–Crippen MR) is 77.9 cm³/mol. The minimum Gasteiger partial charge on any atom is -0.383 e. The van der Waals surface area contributed by atoms with Crippen LogP contribution in [0.4, 0.5) is 5.82 Å². The summed E-state index contributed by atoms with van der Waals surface area (Å²) in [5.41, 5.74) is 8.57. The third kappa shape index (κ3) is 1.94. The number of nitrogens with zero attached hydrogens (tertiary/aromatic N) is 4. The lowest BCUT2D eigenvalue weighted by Gasteiger charge is -2.04. The Morgan fingerprint density at radius 3 is 2.58 bits per heavy atom. The lowest BCUT2D eigenvalue weighted by molar-refractivity contribution is 0.784. The molecule has 5 nitrogen and oxygen atoms in total. The van der Waals surface area contributed by atoms with E-state index in [1.807, 2.05) is 43.6 Å². The lowest BCUT2D eigenvalue weighted by atomic mass is 10.1. The van der Waals surface area contributed by atoms with E-state index in [2.05, 4.69) is 15.1 Å². The van der Waals surface area contributed by atoms with Crippen molar-refractivity contribution in [2.75, 3.05) is 12.0 Å². The fourth-order valence-corrected chi connectivity index (χ4v) is 2.35. The fraction of sp³-hybridized carbons (Fsp3) is 0.154. The first-order valence-corrected chi connectivity index (χ1v) is 7.03. The Kier molecular flexibility index (Phi) is 2.87. The van der Waals surface area contributed by atoms with Gasteiger partial charge in [0.05, 0.1) is 11.1 Å². The second-order valence-electron chi connectivity index (χ2n) is 4.13. The zero-order chi connectivity index (χ0) is 13.4. The average molecular weight is 271 g/mol. The number of benzene rings is 1. The molecule has 0 amide bonds. The number of thioether (sulfide) groups is 1. The molecular formula is C13H13N5S. The van der Waals surface area contributed by atoms with Gasteiger partial charge in [0, 0.05) is 12.6 Å². The number of hydrogen-bond donors (Lipinski definition) is 1. The fourth-order valence-electron chi connectivity index (χ4n) is 1.99. The highest BCUT2D eigenvalue weighted by molar-refractivity contribution is 7.98. The van der Waals surface area contributed by atoms with E-state index in [9.17, 15) is 0 Å². The monoisotopic (exact) mass is 271 g/mol. The molecule has 2 heterocycles. The van der Waals surface area contributed by atoms with Gasteiger partial charge in [0.15, 0.2) is 10.8 Å². The molecule has 0 bridgehead atoms. The molecule has 0 atom stereocenters. The van der Waals surface area contributed by atoms with Crippen LogP contribution in [0.3, 0.4) is 0 Å². The molecule has 19 heavy (non-hydrogen) atoms. The van der Waals surface area contributed by atoms with Gasteiger partial charge in [-0.2, -0.15) is 5.10 Å². The van der Waals surface area contributed by atoms with Gasteiger partial charge in [-0.05, 0) is 6.26 Å². The van der Waals surface area contributed by atoms with Gasteiger partial charge in [0.2, 0.25) is 0 Å². The molecule has 1 aromatic carbocycles. The average Bonchev–Trinajstić information content (AvgIpc) is 2.74. The molecule has 0 aliphatic heterocycles. The maximum absolute atomic E-state index is 6.08. The molecule has 2 N–H and O–H groups in total. The van der Waals surface area contributed by atoms with Gasteiger partial charge < -0.3 is 5.73 Å². The molecule has 96 valence electrons. The SMILES string of the molecule is CSc1nc(-c2ccccc2)c2c(N)n(C)nc2n1. The van der Waals surface area contributed by atoms with Crippen molar-refractivity contribution in [2.24, 2.45) is 7.05 Å². The van der Waals surface area contributed by atoms with E-state index in [0.29, 0.717) is 16.6 Å². The number of aryl methyl sites for hydroxylation is 1. The first-order chi connectivity index (χ1) is 9.20. The Bertz CT molecular complexity index is 736. The molecule has 3 aromatic rings. The van der Waals surface area contributed by atoms with Crippen LogP contribution in [0, 0.1) is 0 Å². The summed E-state index contributed by atoms with van der Waals surface area (Å²) in [5, 5.41) is 5.84. The van der Waals surface area contributed by atoms with Crippen LogP contribution in [0.15, 0.2) is 35.5 Å². The number of nitrogen functional groups attached to an aromatic ring is 1. The summed E-state index contributed by atoms with van der Waals surface area (Å²) in [4.78, 5) is 8.98. The summed E-state index contributed by atoms with van der Waals surface area (Å²) in [5.74, 6) is 0.585. The van der Waals surface area contributed by atoms with Gasteiger partial charge in [-0.25, -0.2) is 9.97 Å². The smallest absolute Gasteiger partial charge is 0.190 e. The van der Waals surface area contributed by atoms with Gasteiger partial charge in [-0.1, -0.05) is 42.1 Å². The predicted octanol–water partition coefficient (Wildman–Crippen LogP) is 2.33.